The molecule has 0 aromatic heterocycles. The molecule has 1 amide bonds. The molecule has 2 fully saturated rings. The maximum absolute atomic E-state index is 13.6. The van der Waals surface area contributed by atoms with Crippen molar-refractivity contribution in [1.82, 2.24) is 15.5 Å². The minimum absolute atomic E-state index is 0. The summed E-state index contributed by atoms with van der Waals surface area (Å²) in [6.45, 7) is 7.00. The van der Waals surface area contributed by atoms with E-state index in [0.29, 0.717) is 25.6 Å². The number of aliphatic imine (C=N–C) groups is 1. The third kappa shape index (κ3) is 6.55. The molecule has 0 bridgehead atoms. The zero-order valence-corrected chi connectivity index (χ0v) is 19.9. The summed E-state index contributed by atoms with van der Waals surface area (Å²) in [6, 6.07) is 7.22. The van der Waals surface area contributed by atoms with E-state index < -0.39 is 0 Å². The van der Waals surface area contributed by atoms with E-state index in [0.717, 1.165) is 50.3 Å². The first kappa shape index (κ1) is 23.9. The summed E-state index contributed by atoms with van der Waals surface area (Å²) in [5, 5.41) is 6.53. The number of piperidine rings is 1. The molecule has 0 radical (unpaired) electrons. The SMILES string of the molecule is CCNC(=NCC1(c2cccc(F)c2)CC1)NCCC(=O)N1CCCCC1C.I. The van der Waals surface area contributed by atoms with Crippen molar-refractivity contribution in [2.75, 3.05) is 26.2 Å². The van der Waals surface area contributed by atoms with Crippen LogP contribution in [0.4, 0.5) is 4.39 Å². The summed E-state index contributed by atoms with van der Waals surface area (Å²) < 4.78 is 13.6. The van der Waals surface area contributed by atoms with Gasteiger partial charge in [-0.3, -0.25) is 9.79 Å². The number of nitrogens with zero attached hydrogens (tertiary/aromatic N) is 2. The largest absolute Gasteiger partial charge is 0.357 e. The zero-order valence-electron chi connectivity index (χ0n) is 17.5. The van der Waals surface area contributed by atoms with Gasteiger partial charge in [0.15, 0.2) is 5.96 Å². The van der Waals surface area contributed by atoms with Crippen LogP contribution in [0.5, 0.6) is 0 Å². The van der Waals surface area contributed by atoms with E-state index in [1.54, 1.807) is 12.1 Å². The third-order valence-electron chi connectivity index (χ3n) is 5.93. The third-order valence-corrected chi connectivity index (χ3v) is 5.93. The molecule has 5 nitrogen and oxygen atoms in total. The summed E-state index contributed by atoms with van der Waals surface area (Å²) in [6.07, 6.45) is 5.97. The summed E-state index contributed by atoms with van der Waals surface area (Å²) in [5.41, 5.74) is 0.991. The highest BCUT2D eigenvalue weighted by molar-refractivity contribution is 14.0. The fourth-order valence-electron chi connectivity index (χ4n) is 3.98. The number of hydrogen-bond donors (Lipinski definition) is 2. The fraction of sp³-hybridized carbons (Fsp3) is 0.636. The lowest BCUT2D eigenvalue weighted by atomic mass is 9.96. The molecule has 1 aromatic carbocycles. The van der Waals surface area contributed by atoms with Crippen LogP contribution in [0.15, 0.2) is 29.3 Å². The van der Waals surface area contributed by atoms with Crippen molar-refractivity contribution in [3.8, 4) is 0 Å². The second-order valence-electron chi connectivity index (χ2n) is 8.09. The van der Waals surface area contributed by atoms with E-state index in [1.165, 1.54) is 12.5 Å². The van der Waals surface area contributed by atoms with Gasteiger partial charge in [-0.1, -0.05) is 12.1 Å². The fourth-order valence-corrected chi connectivity index (χ4v) is 3.98. The Hall–Kier alpha value is -1.38. The first-order valence-electron chi connectivity index (χ1n) is 10.6. The van der Waals surface area contributed by atoms with Gasteiger partial charge >= 0.3 is 0 Å². The average Bonchev–Trinajstić information content (AvgIpc) is 3.47. The number of hydrogen-bond acceptors (Lipinski definition) is 2. The lowest BCUT2D eigenvalue weighted by Crippen LogP contribution is -2.44. The Morgan fingerprint density at radius 3 is 2.76 bits per heavy atom. The van der Waals surface area contributed by atoms with Gasteiger partial charge < -0.3 is 15.5 Å². The van der Waals surface area contributed by atoms with Crippen molar-refractivity contribution in [3.05, 3.63) is 35.6 Å². The van der Waals surface area contributed by atoms with Gasteiger partial charge in [-0.2, -0.15) is 0 Å². The number of carbonyl (C=O) groups excluding carboxylic acids is 1. The molecule has 1 aromatic rings. The molecule has 2 N–H and O–H groups in total. The predicted molar refractivity (Wildman–Crippen MR) is 126 cm³/mol. The van der Waals surface area contributed by atoms with Gasteiger partial charge in [-0.15, -0.1) is 24.0 Å². The van der Waals surface area contributed by atoms with Crippen LogP contribution in [-0.4, -0.2) is 49.0 Å². The number of nitrogens with one attached hydrogen (secondary N) is 2. The van der Waals surface area contributed by atoms with Crippen LogP contribution in [0.25, 0.3) is 0 Å². The van der Waals surface area contributed by atoms with E-state index in [2.05, 4.69) is 17.6 Å². The molecule has 0 spiro atoms. The van der Waals surface area contributed by atoms with Gasteiger partial charge in [-0.25, -0.2) is 4.39 Å². The van der Waals surface area contributed by atoms with Crippen LogP contribution in [-0.2, 0) is 10.2 Å². The number of carbonyl (C=O) groups is 1. The van der Waals surface area contributed by atoms with Crippen LogP contribution in [0, 0.1) is 5.82 Å². The van der Waals surface area contributed by atoms with Crippen LogP contribution in [0.1, 0.15) is 57.9 Å². The molecule has 2 aliphatic rings. The van der Waals surface area contributed by atoms with Crippen molar-refractivity contribution in [2.24, 2.45) is 4.99 Å². The summed E-state index contributed by atoms with van der Waals surface area (Å²) in [5.74, 6) is 0.752. The zero-order chi connectivity index (χ0) is 20.0. The van der Waals surface area contributed by atoms with Crippen LogP contribution in [0.2, 0.25) is 0 Å². The Balaban J connectivity index is 0.00000300. The molecule has 1 saturated heterocycles. The van der Waals surface area contributed by atoms with Gasteiger partial charge in [0.1, 0.15) is 5.82 Å². The summed E-state index contributed by atoms with van der Waals surface area (Å²) in [4.78, 5) is 19.2. The lowest BCUT2D eigenvalue weighted by molar-refractivity contribution is -0.134. The van der Waals surface area contributed by atoms with Gasteiger partial charge in [0.05, 0.1) is 6.54 Å². The Kier molecular flexibility index (Phi) is 9.17. The Bertz CT molecular complexity index is 708. The quantitative estimate of drug-likeness (QED) is 0.329. The Morgan fingerprint density at radius 2 is 2.10 bits per heavy atom. The first-order valence-corrected chi connectivity index (χ1v) is 10.6. The second-order valence-corrected chi connectivity index (χ2v) is 8.09. The molecule has 1 aliphatic heterocycles. The number of likely N-dealkylation sites (tertiary alicyclic amines) is 1. The molecule has 1 aliphatic carbocycles. The number of guanidine groups is 1. The molecule has 7 heteroatoms. The van der Waals surface area contributed by atoms with E-state index >= 15 is 0 Å². The topological polar surface area (TPSA) is 56.7 Å². The minimum Gasteiger partial charge on any atom is -0.357 e. The molecular formula is C22H34FIN4O. The normalized spacial score (nSPS) is 20.6. The molecule has 3 rings (SSSR count). The summed E-state index contributed by atoms with van der Waals surface area (Å²) in [7, 11) is 0. The van der Waals surface area contributed by atoms with Gasteiger partial charge in [0, 0.05) is 37.5 Å². The highest BCUT2D eigenvalue weighted by Gasteiger charge is 2.44. The second kappa shape index (κ2) is 11.1. The van der Waals surface area contributed by atoms with Crippen molar-refractivity contribution in [3.63, 3.8) is 0 Å². The Labute approximate surface area is 190 Å². The van der Waals surface area contributed by atoms with Crippen molar-refractivity contribution >= 4 is 35.8 Å². The van der Waals surface area contributed by atoms with Gasteiger partial charge in [0.2, 0.25) is 5.91 Å². The molecule has 1 atom stereocenters. The monoisotopic (exact) mass is 516 g/mol. The lowest BCUT2D eigenvalue weighted by Gasteiger charge is -2.33. The summed E-state index contributed by atoms with van der Waals surface area (Å²) >= 11 is 0. The highest BCUT2D eigenvalue weighted by Crippen LogP contribution is 2.48. The number of amides is 1. The first-order chi connectivity index (χ1) is 13.5. The average molecular weight is 516 g/mol. The van der Waals surface area contributed by atoms with Crippen LogP contribution < -0.4 is 10.6 Å². The molecule has 1 unspecified atom stereocenters. The van der Waals surface area contributed by atoms with E-state index in [-0.39, 0.29) is 41.1 Å². The molecule has 29 heavy (non-hydrogen) atoms. The van der Waals surface area contributed by atoms with E-state index in [1.807, 2.05) is 17.9 Å². The number of halogens is 2. The number of benzene rings is 1. The predicted octanol–water partition coefficient (Wildman–Crippen LogP) is 3.82. The highest BCUT2D eigenvalue weighted by atomic mass is 127. The van der Waals surface area contributed by atoms with Gasteiger partial charge in [0.25, 0.3) is 0 Å². The van der Waals surface area contributed by atoms with Gasteiger partial charge in [-0.05, 0) is 63.6 Å². The van der Waals surface area contributed by atoms with Crippen molar-refractivity contribution < 1.29 is 9.18 Å². The number of rotatable bonds is 7. The Morgan fingerprint density at radius 1 is 1.31 bits per heavy atom. The van der Waals surface area contributed by atoms with Crippen LogP contribution in [0.3, 0.4) is 0 Å². The minimum atomic E-state index is -0.191. The molecule has 1 heterocycles. The maximum Gasteiger partial charge on any atom is 0.224 e. The smallest absolute Gasteiger partial charge is 0.224 e. The van der Waals surface area contributed by atoms with E-state index in [4.69, 9.17) is 4.99 Å². The van der Waals surface area contributed by atoms with E-state index in [9.17, 15) is 9.18 Å². The molecular weight excluding hydrogens is 482 g/mol. The van der Waals surface area contributed by atoms with Crippen molar-refractivity contribution in [1.29, 1.82) is 0 Å². The van der Waals surface area contributed by atoms with Crippen molar-refractivity contribution in [2.45, 2.75) is 63.8 Å². The van der Waals surface area contributed by atoms with Crippen LogP contribution >= 0.6 is 24.0 Å². The maximum atomic E-state index is 13.6. The molecule has 1 saturated carbocycles. The molecule has 162 valence electrons. The standard InChI is InChI=1S/C22H33FN4O.HI/c1-3-24-21(25-13-10-20(28)27-14-5-4-7-17(27)2)26-16-22(11-12-22)18-8-6-9-19(23)15-18;/h6,8-9,15,17H,3-5,7,10-14,16H2,1-2H3,(H2,24,25,26);1H.